The molecule has 36 heavy (non-hydrogen) atoms. The molecule has 8 atom stereocenters. The van der Waals surface area contributed by atoms with Gasteiger partial charge in [-0.2, -0.15) is 0 Å². The molecule has 4 saturated carbocycles. The van der Waals surface area contributed by atoms with Crippen molar-refractivity contribution in [2.45, 2.75) is 88.6 Å². The fourth-order valence-electron chi connectivity index (χ4n) is 9.26. The number of esters is 1. The monoisotopic (exact) mass is 493 g/mol. The average molecular weight is 494 g/mol. The predicted octanol–water partition coefficient (Wildman–Crippen LogP) is 3.97. The highest BCUT2D eigenvalue weighted by molar-refractivity contribution is 5.85. The van der Waals surface area contributed by atoms with Gasteiger partial charge in [0.15, 0.2) is 0 Å². The molecule has 0 unspecified atom stereocenters. The fraction of sp³-hybridized carbons (Fsp3) is 0.667. The summed E-state index contributed by atoms with van der Waals surface area (Å²) in [6.45, 7) is 3.12. The van der Waals surface area contributed by atoms with Crippen LogP contribution in [0.15, 0.2) is 47.0 Å². The van der Waals surface area contributed by atoms with Crippen molar-refractivity contribution in [3.8, 4) is 0 Å². The summed E-state index contributed by atoms with van der Waals surface area (Å²) in [5, 5.41) is 35.1. The quantitative estimate of drug-likeness (QED) is 0.435. The second kappa shape index (κ2) is 8.50. The van der Waals surface area contributed by atoms with Crippen molar-refractivity contribution < 1.29 is 24.9 Å². The lowest BCUT2D eigenvalue weighted by Gasteiger charge is -2.65. The van der Waals surface area contributed by atoms with Gasteiger partial charge in [-0.15, -0.1) is 0 Å². The van der Waals surface area contributed by atoms with Crippen molar-refractivity contribution >= 4 is 12.2 Å². The molecule has 4 aliphatic carbocycles. The molecule has 194 valence electrons. The van der Waals surface area contributed by atoms with E-state index in [1.165, 1.54) is 0 Å². The molecule has 1 aliphatic heterocycles. The smallest absolute Gasteiger partial charge is 0.331 e. The summed E-state index contributed by atoms with van der Waals surface area (Å²) < 4.78 is 5.25. The van der Waals surface area contributed by atoms with Crippen LogP contribution in [0.5, 0.6) is 0 Å². The number of nitrogens with zero attached hydrogens (tertiary/aromatic N) is 1. The fourth-order valence-corrected chi connectivity index (χ4v) is 9.26. The highest BCUT2D eigenvalue weighted by Crippen LogP contribution is 2.70. The van der Waals surface area contributed by atoms with E-state index in [2.05, 4.69) is 19.1 Å². The van der Waals surface area contributed by atoms with Crippen molar-refractivity contribution in [3.63, 3.8) is 0 Å². The number of hydrogen-bond donors (Lipinski definition) is 3. The Morgan fingerprint density at radius 2 is 1.81 bits per heavy atom. The molecule has 0 spiro atoms. The van der Waals surface area contributed by atoms with Crippen molar-refractivity contribution in [1.82, 2.24) is 0 Å². The molecule has 0 amide bonds. The first-order valence-corrected chi connectivity index (χ1v) is 13.8. The lowest BCUT2D eigenvalue weighted by atomic mass is 9.41. The van der Waals surface area contributed by atoms with E-state index in [9.17, 15) is 20.1 Å². The number of ether oxygens (including phenoxy) is 1. The van der Waals surface area contributed by atoms with Crippen LogP contribution < -0.4 is 0 Å². The minimum atomic E-state index is -1.01. The van der Waals surface area contributed by atoms with Gasteiger partial charge < -0.3 is 20.1 Å². The predicted molar refractivity (Wildman–Crippen MR) is 136 cm³/mol. The Bertz CT molecular complexity index is 1090. The van der Waals surface area contributed by atoms with Crippen LogP contribution in [-0.4, -0.2) is 51.4 Å². The summed E-state index contributed by atoms with van der Waals surface area (Å²) in [6.07, 6.45) is 9.51. The van der Waals surface area contributed by atoms with E-state index in [1.807, 2.05) is 24.4 Å². The highest BCUT2D eigenvalue weighted by atomic mass is 16.5. The molecular formula is C30H39NO5. The van der Waals surface area contributed by atoms with E-state index in [4.69, 9.17) is 9.73 Å². The molecule has 1 aromatic carbocycles. The molecule has 3 N–H and O–H groups in total. The summed E-state index contributed by atoms with van der Waals surface area (Å²) in [5.41, 5.74) is -0.575. The van der Waals surface area contributed by atoms with Gasteiger partial charge in [-0.3, -0.25) is 4.99 Å². The van der Waals surface area contributed by atoms with E-state index in [-0.39, 0.29) is 29.1 Å². The van der Waals surface area contributed by atoms with Gasteiger partial charge in [-0.25, -0.2) is 4.79 Å². The zero-order valence-corrected chi connectivity index (χ0v) is 21.2. The van der Waals surface area contributed by atoms with Crippen LogP contribution in [0.1, 0.15) is 70.3 Å². The molecule has 4 fully saturated rings. The van der Waals surface area contributed by atoms with E-state index >= 15 is 0 Å². The molecule has 0 radical (unpaired) electrons. The summed E-state index contributed by atoms with van der Waals surface area (Å²) in [7, 11) is 0. The largest absolute Gasteiger partial charge is 0.458 e. The number of aliphatic hydroxyl groups excluding tert-OH is 1. The Kier molecular flexibility index (Phi) is 5.75. The molecule has 0 aromatic heterocycles. The Balaban J connectivity index is 1.35. The van der Waals surface area contributed by atoms with Crippen LogP contribution >= 0.6 is 0 Å². The first-order valence-electron chi connectivity index (χ1n) is 13.8. The number of carbonyl (C=O) groups is 1. The summed E-state index contributed by atoms with van der Waals surface area (Å²) in [5.74, 6) is 0.0375. The van der Waals surface area contributed by atoms with Crippen molar-refractivity contribution in [2.75, 3.05) is 6.61 Å². The third kappa shape index (κ3) is 3.40. The minimum Gasteiger partial charge on any atom is -0.458 e. The number of aliphatic hydroxyl groups is 3. The summed E-state index contributed by atoms with van der Waals surface area (Å²) in [6, 6.07) is 10.2. The lowest BCUT2D eigenvalue weighted by molar-refractivity contribution is -0.237. The van der Waals surface area contributed by atoms with Crippen LogP contribution in [0.25, 0.3) is 0 Å². The van der Waals surface area contributed by atoms with Gasteiger partial charge >= 0.3 is 5.97 Å². The third-order valence-electron chi connectivity index (χ3n) is 11.1. The number of fused-ring (bicyclic) bond motifs is 5. The van der Waals surface area contributed by atoms with E-state index in [1.54, 1.807) is 6.08 Å². The molecule has 0 saturated heterocycles. The Labute approximate surface area is 213 Å². The van der Waals surface area contributed by atoms with Crippen molar-refractivity contribution in [3.05, 3.63) is 47.5 Å². The first kappa shape index (κ1) is 24.3. The van der Waals surface area contributed by atoms with Crippen LogP contribution in [0.2, 0.25) is 0 Å². The molecule has 1 heterocycles. The van der Waals surface area contributed by atoms with Gasteiger partial charge in [-0.1, -0.05) is 37.3 Å². The Morgan fingerprint density at radius 3 is 2.56 bits per heavy atom. The van der Waals surface area contributed by atoms with E-state index in [0.717, 1.165) is 36.8 Å². The summed E-state index contributed by atoms with van der Waals surface area (Å²) in [4.78, 5) is 16.7. The second-order valence-corrected chi connectivity index (χ2v) is 12.5. The molecular weight excluding hydrogens is 454 g/mol. The zero-order valence-electron chi connectivity index (χ0n) is 21.2. The van der Waals surface area contributed by atoms with Crippen LogP contribution in [0.3, 0.4) is 0 Å². The van der Waals surface area contributed by atoms with E-state index in [0.29, 0.717) is 45.3 Å². The van der Waals surface area contributed by atoms with Gasteiger partial charge in [0.2, 0.25) is 0 Å². The topological polar surface area (TPSA) is 99.4 Å². The first-order chi connectivity index (χ1) is 17.2. The van der Waals surface area contributed by atoms with E-state index < -0.39 is 22.7 Å². The number of aliphatic imine (C=N–C) groups is 1. The number of rotatable bonds is 4. The highest BCUT2D eigenvalue weighted by Gasteiger charge is 2.71. The maximum absolute atomic E-state index is 12.5. The zero-order chi connectivity index (χ0) is 25.2. The lowest BCUT2D eigenvalue weighted by Crippen LogP contribution is -2.68. The SMILES string of the molecule is C[C@]12CC[C@H]3[C@@H](CC[C@]4(O)C[C@H](O)CC[C@]34C=NCc3ccccc3)[C@]1(O)CC[C@@H]2C1=CC(=O)OC1. The Hall–Kier alpha value is -2.02. The number of cyclic esters (lactones) is 1. The summed E-state index contributed by atoms with van der Waals surface area (Å²) >= 11 is 0. The van der Waals surface area contributed by atoms with Gasteiger partial charge in [-0.05, 0) is 80.3 Å². The molecule has 0 bridgehead atoms. The van der Waals surface area contributed by atoms with Crippen molar-refractivity contribution in [2.24, 2.45) is 33.6 Å². The third-order valence-corrected chi connectivity index (χ3v) is 11.1. The second-order valence-electron chi connectivity index (χ2n) is 12.5. The Morgan fingerprint density at radius 1 is 1.03 bits per heavy atom. The minimum absolute atomic E-state index is 0.0542. The number of carbonyl (C=O) groups excluding carboxylic acids is 1. The number of benzene rings is 1. The van der Waals surface area contributed by atoms with Crippen LogP contribution in [0.4, 0.5) is 0 Å². The van der Waals surface area contributed by atoms with Gasteiger partial charge in [0.1, 0.15) is 6.61 Å². The maximum Gasteiger partial charge on any atom is 0.331 e. The molecule has 1 aromatic rings. The van der Waals surface area contributed by atoms with Crippen LogP contribution in [-0.2, 0) is 16.1 Å². The van der Waals surface area contributed by atoms with Gasteiger partial charge in [0.05, 0.1) is 23.9 Å². The standard InChI is InChI=1S/C30H39NO5/c1-27-11-8-24-25(30(27,35)14-10-23(27)21-15-26(33)36-18-21)9-13-29(34)16-22(32)7-12-28(24,29)19-31-17-20-5-3-2-4-6-20/h2-6,15,19,22-25,32,34-35H,7-14,16-18H2,1H3/t22-,23-,24+,25-,27-,28+,29+,30-/m1/s1. The van der Waals surface area contributed by atoms with Crippen LogP contribution in [0, 0.1) is 28.6 Å². The van der Waals surface area contributed by atoms with Gasteiger partial charge in [0, 0.05) is 29.5 Å². The molecule has 5 aliphatic rings. The normalized spacial score (nSPS) is 46.1. The van der Waals surface area contributed by atoms with Crippen molar-refractivity contribution in [1.29, 1.82) is 0 Å². The number of hydrogen-bond acceptors (Lipinski definition) is 6. The molecule has 6 nitrogen and oxygen atoms in total. The maximum atomic E-state index is 12.5. The molecule has 6 heteroatoms. The average Bonchev–Trinajstić information content (AvgIpc) is 3.40. The molecule has 6 rings (SSSR count). The van der Waals surface area contributed by atoms with Gasteiger partial charge in [0.25, 0.3) is 0 Å².